The van der Waals surface area contributed by atoms with Gasteiger partial charge in [-0.05, 0) is 32.6 Å². The van der Waals surface area contributed by atoms with Gasteiger partial charge in [-0.1, -0.05) is 13.3 Å². The Bertz CT molecular complexity index is 358. The fourth-order valence-electron chi connectivity index (χ4n) is 2.00. The molecule has 1 aliphatic carbocycles. The van der Waals surface area contributed by atoms with Gasteiger partial charge in [-0.15, -0.1) is 0 Å². The first-order valence-corrected chi connectivity index (χ1v) is 7.18. The van der Waals surface area contributed by atoms with E-state index >= 15 is 0 Å². The Morgan fingerprint density at radius 3 is 2.89 bits per heavy atom. The molecule has 18 heavy (non-hydrogen) atoms. The fourth-order valence-corrected chi connectivity index (χ4v) is 2.00. The number of anilines is 1. The normalized spacial score (nSPS) is 15.0. The summed E-state index contributed by atoms with van der Waals surface area (Å²) in [5.74, 6) is 1.03. The molecule has 1 heterocycles. The Labute approximate surface area is 110 Å². The van der Waals surface area contributed by atoms with Crippen LogP contribution in [0, 0.1) is 6.92 Å². The quantitative estimate of drug-likeness (QED) is 0.685. The highest BCUT2D eigenvalue weighted by atomic mass is 16.5. The van der Waals surface area contributed by atoms with Crippen LogP contribution in [-0.4, -0.2) is 29.3 Å². The highest BCUT2D eigenvalue weighted by Gasteiger charge is 2.25. The topological polar surface area (TPSA) is 39.1 Å². The molecule has 1 fully saturated rings. The van der Waals surface area contributed by atoms with Crippen LogP contribution in [0.4, 0.5) is 5.95 Å². The molecule has 0 radical (unpaired) electrons. The van der Waals surface area contributed by atoms with E-state index in [-0.39, 0.29) is 0 Å². The number of rotatable bonds is 9. The van der Waals surface area contributed by atoms with E-state index in [1.807, 2.05) is 0 Å². The van der Waals surface area contributed by atoms with E-state index in [1.54, 1.807) is 0 Å². The first kappa shape index (κ1) is 13.4. The van der Waals surface area contributed by atoms with Crippen molar-refractivity contribution < 1.29 is 4.74 Å². The number of aryl methyl sites for hydroxylation is 1. The van der Waals surface area contributed by atoms with Crippen molar-refractivity contribution in [3.8, 4) is 0 Å². The molecular formula is C14H25N3O. The summed E-state index contributed by atoms with van der Waals surface area (Å²) in [6.07, 6.45) is 8.16. The lowest BCUT2D eigenvalue weighted by atomic mass is 10.4. The molecule has 102 valence electrons. The zero-order chi connectivity index (χ0) is 12.8. The average Bonchev–Trinajstić information content (AvgIpc) is 3.13. The van der Waals surface area contributed by atoms with Crippen LogP contribution in [0.25, 0.3) is 0 Å². The molecule has 4 nitrogen and oxygen atoms in total. The molecule has 0 spiro atoms. The summed E-state index contributed by atoms with van der Waals surface area (Å²) < 4.78 is 7.83. The van der Waals surface area contributed by atoms with Gasteiger partial charge in [0.05, 0.1) is 5.69 Å². The summed E-state index contributed by atoms with van der Waals surface area (Å²) in [5, 5.41) is 3.42. The minimum Gasteiger partial charge on any atom is -0.381 e. The van der Waals surface area contributed by atoms with E-state index in [2.05, 4.69) is 34.9 Å². The van der Waals surface area contributed by atoms with Gasteiger partial charge in [0.1, 0.15) is 0 Å². The maximum absolute atomic E-state index is 5.54. The van der Waals surface area contributed by atoms with E-state index in [9.17, 15) is 0 Å². The van der Waals surface area contributed by atoms with E-state index in [1.165, 1.54) is 25.7 Å². The van der Waals surface area contributed by atoms with Crippen LogP contribution in [0.3, 0.4) is 0 Å². The number of aromatic nitrogens is 2. The van der Waals surface area contributed by atoms with Gasteiger partial charge >= 0.3 is 0 Å². The van der Waals surface area contributed by atoms with Crippen LogP contribution in [0.15, 0.2) is 6.20 Å². The maximum Gasteiger partial charge on any atom is 0.203 e. The number of hydrogen-bond donors (Lipinski definition) is 1. The molecule has 1 aromatic heterocycles. The van der Waals surface area contributed by atoms with Gasteiger partial charge in [-0.3, -0.25) is 0 Å². The smallest absolute Gasteiger partial charge is 0.203 e. The van der Waals surface area contributed by atoms with Crippen LogP contribution in [0.1, 0.15) is 50.8 Å². The van der Waals surface area contributed by atoms with Crippen molar-refractivity contribution in [2.45, 2.75) is 52.0 Å². The number of nitrogens with one attached hydrogen (secondary N) is 1. The summed E-state index contributed by atoms with van der Waals surface area (Å²) in [6, 6.07) is 0.689. The van der Waals surface area contributed by atoms with Gasteiger partial charge in [-0.2, -0.15) is 0 Å². The Morgan fingerprint density at radius 1 is 1.39 bits per heavy atom. The van der Waals surface area contributed by atoms with E-state index in [0.29, 0.717) is 6.04 Å². The second kappa shape index (κ2) is 6.78. The molecule has 4 heteroatoms. The van der Waals surface area contributed by atoms with Crippen molar-refractivity contribution >= 4 is 5.95 Å². The standard InChI is InChI=1S/C14H25N3O/c1-3-4-9-18-10-5-8-15-14-16-12(2)11-17(14)13-6-7-13/h11,13H,3-10H2,1-2H3,(H,15,16). The molecule has 0 aliphatic heterocycles. The van der Waals surface area contributed by atoms with E-state index in [0.717, 1.165) is 37.8 Å². The predicted molar refractivity (Wildman–Crippen MR) is 74.1 cm³/mol. The summed E-state index contributed by atoms with van der Waals surface area (Å²) in [5.41, 5.74) is 1.10. The molecule has 0 bridgehead atoms. The predicted octanol–water partition coefficient (Wildman–Crippen LogP) is 3.15. The van der Waals surface area contributed by atoms with Crippen molar-refractivity contribution in [3.05, 3.63) is 11.9 Å². The molecule has 1 aliphatic rings. The molecular weight excluding hydrogens is 226 g/mol. The molecule has 1 saturated carbocycles. The number of nitrogens with zero attached hydrogens (tertiary/aromatic N) is 2. The highest BCUT2D eigenvalue weighted by molar-refractivity contribution is 5.30. The van der Waals surface area contributed by atoms with Crippen molar-refractivity contribution in [1.29, 1.82) is 0 Å². The second-order valence-corrected chi connectivity index (χ2v) is 5.09. The second-order valence-electron chi connectivity index (χ2n) is 5.09. The number of hydrogen-bond acceptors (Lipinski definition) is 3. The van der Waals surface area contributed by atoms with Gasteiger partial charge in [-0.25, -0.2) is 4.98 Å². The third kappa shape index (κ3) is 4.02. The highest BCUT2D eigenvalue weighted by Crippen LogP contribution is 2.37. The average molecular weight is 251 g/mol. The number of unbranched alkanes of at least 4 members (excludes halogenated alkanes) is 1. The lowest BCUT2D eigenvalue weighted by Crippen LogP contribution is -2.10. The third-order valence-electron chi connectivity index (χ3n) is 3.18. The van der Waals surface area contributed by atoms with Crippen molar-refractivity contribution in [1.82, 2.24) is 9.55 Å². The zero-order valence-corrected chi connectivity index (χ0v) is 11.6. The number of ether oxygens (including phenoxy) is 1. The Morgan fingerprint density at radius 2 is 2.17 bits per heavy atom. The Kier molecular flexibility index (Phi) is 5.05. The van der Waals surface area contributed by atoms with Crippen LogP contribution in [0.2, 0.25) is 0 Å². The zero-order valence-electron chi connectivity index (χ0n) is 11.6. The third-order valence-corrected chi connectivity index (χ3v) is 3.18. The Balaban J connectivity index is 1.64. The molecule has 1 N–H and O–H groups in total. The molecule has 0 unspecified atom stereocenters. The SMILES string of the molecule is CCCCOCCCNc1nc(C)cn1C1CC1. The van der Waals surface area contributed by atoms with Gasteiger partial charge in [0.25, 0.3) is 0 Å². The molecule has 2 rings (SSSR count). The van der Waals surface area contributed by atoms with E-state index in [4.69, 9.17) is 4.74 Å². The maximum atomic E-state index is 5.54. The van der Waals surface area contributed by atoms with E-state index < -0.39 is 0 Å². The monoisotopic (exact) mass is 251 g/mol. The van der Waals surface area contributed by atoms with Gasteiger partial charge in [0.2, 0.25) is 5.95 Å². The lowest BCUT2D eigenvalue weighted by Gasteiger charge is -2.08. The van der Waals surface area contributed by atoms with Crippen LogP contribution < -0.4 is 5.32 Å². The first-order chi connectivity index (χ1) is 8.81. The van der Waals surface area contributed by atoms with Crippen LogP contribution in [0.5, 0.6) is 0 Å². The summed E-state index contributed by atoms with van der Waals surface area (Å²) in [4.78, 5) is 4.53. The van der Waals surface area contributed by atoms with Crippen molar-refractivity contribution in [2.75, 3.05) is 25.1 Å². The molecule has 0 saturated heterocycles. The van der Waals surface area contributed by atoms with Gasteiger partial charge in [0.15, 0.2) is 0 Å². The largest absolute Gasteiger partial charge is 0.381 e. The molecule has 0 aromatic carbocycles. The van der Waals surface area contributed by atoms with Crippen molar-refractivity contribution in [2.24, 2.45) is 0 Å². The molecule has 0 amide bonds. The summed E-state index contributed by atoms with van der Waals surface area (Å²) in [6.45, 7) is 6.92. The minimum absolute atomic E-state index is 0.689. The van der Waals surface area contributed by atoms with Crippen LogP contribution in [-0.2, 0) is 4.74 Å². The molecule has 0 atom stereocenters. The van der Waals surface area contributed by atoms with Gasteiger partial charge in [0, 0.05) is 32.0 Å². The van der Waals surface area contributed by atoms with Crippen LogP contribution >= 0.6 is 0 Å². The fraction of sp³-hybridized carbons (Fsp3) is 0.786. The van der Waals surface area contributed by atoms with Gasteiger partial charge < -0.3 is 14.6 Å². The first-order valence-electron chi connectivity index (χ1n) is 7.18. The lowest BCUT2D eigenvalue weighted by molar-refractivity contribution is 0.131. The number of imidazole rings is 1. The minimum atomic E-state index is 0.689. The van der Waals surface area contributed by atoms with Crippen molar-refractivity contribution in [3.63, 3.8) is 0 Å². The summed E-state index contributed by atoms with van der Waals surface area (Å²) >= 11 is 0. The molecule has 1 aromatic rings. The Hall–Kier alpha value is -1.03. The summed E-state index contributed by atoms with van der Waals surface area (Å²) in [7, 11) is 0.